The SMILES string of the molecule is CC/C=C\C/C=C\C/C=C\C/C=C\C/C=C\C/C=C\CCCCCCCCCCCCCCC(=O)OCC(COC(=O)CCCCCCCCCCCCCC)OC(=O)CCC/C=C\C/C=C\C/C=C\C/C=C\C/C=C\CC. The number of hydrogen-bond donors (Lipinski definition) is 0. The zero-order chi connectivity index (χ0) is 56.4. The van der Waals surface area contributed by atoms with E-state index in [2.05, 4.69) is 154 Å². The lowest BCUT2D eigenvalue weighted by Gasteiger charge is -2.18. The van der Waals surface area contributed by atoms with Crippen LogP contribution in [-0.4, -0.2) is 37.2 Å². The van der Waals surface area contributed by atoms with Gasteiger partial charge in [-0.25, -0.2) is 0 Å². The number of carbonyl (C=O) groups is 3. The number of rotatable bonds is 57. The Morgan fingerprint density at radius 3 is 0.821 bits per heavy atom. The molecule has 0 rings (SSSR count). The lowest BCUT2D eigenvalue weighted by Crippen LogP contribution is -2.30. The van der Waals surface area contributed by atoms with E-state index in [0.717, 1.165) is 116 Å². The Kier molecular flexibility index (Phi) is 61.4. The molecule has 0 aromatic carbocycles. The molecule has 442 valence electrons. The zero-order valence-electron chi connectivity index (χ0n) is 50.6. The van der Waals surface area contributed by atoms with Crippen molar-refractivity contribution < 1.29 is 28.6 Å². The number of carbonyl (C=O) groups excluding carboxylic acids is 3. The maximum Gasteiger partial charge on any atom is 0.306 e. The van der Waals surface area contributed by atoms with Crippen molar-refractivity contribution in [1.82, 2.24) is 0 Å². The average molecular weight is 1080 g/mol. The smallest absolute Gasteiger partial charge is 0.306 e. The molecule has 1 atom stereocenters. The van der Waals surface area contributed by atoms with Gasteiger partial charge in [-0.2, -0.15) is 0 Å². The summed E-state index contributed by atoms with van der Waals surface area (Å²) >= 11 is 0. The van der Waals surface area contributed by atoms with Gasteiger partial charge in [0.05, 0.1) is 0 Å². The lowest BCUT2D eigenvalue weighted by atomic mass is 10.0. The van der Waals surface area contributed by atoms with E-state index >= 15 is 0 Å². The summed E-state index contributed by atoms with van der Waals surface area (Å²) in [6.45, 7) is 6.37. The van der Waals surface area contributed by atoms with Crippen molar-refractivity contribution in [1.29, 1.82) is 0 Å². The van der Waals surface area contributed by atoms with Crippen LogP contribution in [0.5, 0.6) is 0 Å². The van der Waals surface area contributed by atoms with Gasteiger partial charge in [0.25, 0.3) is 0 Å². The first-order chi connectivity index (χ1) is 38.5. The largest absolute Gasteiger partial charge is 0.462 e. The van der Waals surface area contributed by atoms with Crippen LogP contribution >= 0.6 is 0 Å². The molecule has 0 aromatic rings. The Hall–Kier alpha value is -4.45. The molecule has 0 N–H and O–H groups in total. The lowest BCUT2D eigenvalue weighted by molar-refractivity contribution is -0.167. The van der Waals surface area contributed by atoms with Gasteiger partial charge in [0.2, 0.25) is 0 Å². The molecular weight excluding hydrogens is 961 g/mol. The van der Waals surface area contributed by atoms with Crippen molar-refractivity contribution in [2.75, 3.05) is 13.2 Å². The molecule has 0 aromatic heterocycles. The molecule has 0 radical (unpaired) electrons. The Morgan fingerprint density at radius 1 is 0.269 bits per heavy atom. The van der Waals surface area contributed by atoms with Crippen LogP contribution in [0, 0.1) is 0 Å². The molecule has 6 heteroatoms. The van der Waals surface area contributed by atoms with Gasteiger partial charge in [-0.05, 0) is 109 Å². The first kappa shape index (κ1) is 73.5. The number of hydrogen-bond acceptors (Lipinski definition) is 6. The summed E-state index contributed by atoms with van der Waals surface area (Å²) in [6.07, 6.45) is 91.8. The first-order valence-electron chi connectivity index (χ1n) is 32.2. The summed E-state index contributed by atoms with van der Waals surface area (Å²) in [7, 11) is 0. The highest BCUT2D eigenvalue weighted by atomic mass is 16.6. The second-order valence-electron chi connectivity index (χ2n) is 20.9. The van der Waals surface area contributed by atoms with Gasteiger partial charge in [-0.3, -0.25) is 14.4 Å². The normalized spacial score (nSPS) is 13.0. The maximum absolute atomic E-state index is 12.9. The van der Waals surface area contributed by atoms with Gasteiger partial charge in [0, 0.05) is 19.3 Å². The number of ether oxygens (including phenoxy) is 3. The summed E-state index contributed by atoms with van der Waals surface area (Å²) in [5.74, 6) is -0.959. The fraction of sp³-hybridized carbons (Fsp3) is 0.653. The average Bonchev–Trinajstić information content (AvgIpc) is 3.44. The van der Waals surface area contributed by atoms with Crippen LogP contribution in [-0.2, 0) is 28.6 Å². The molecule has 0 saturated carbocycles. The molecule has 0 spiro atoms. The van der Waals surface area contributed by atoms with Crippen LogP contribution in [0.2, 0.25) is 0 Å². The van der Waals surface area contributed by atoms with Gasteiger partial charge in [0.15, 0.2) is 6.10 Å². The van der Waals surface area contributed by atoms with Crippen LogP contribution in [0.15, 0.2) is 134 Å². The van der Waals surface area contributed by atoms with E-state index in [1.54, 1.807) is 0 Å². The van der Waals surface area contributed by atoms with E-state index in [0.29, 0.717) is 19.3 Å². The van der Waals surface area contributed by atoms with E-state index in [1.165, 1.54) is 122 Å². The van der Waals surface area contributed by atoms with Crippen molar-refractivity contribution >= 4 is 17.9 Å². The summed E-state index contributed by atoms with van der Waals surface area (Å²) in [6, 6.07) is 0. The summed E-state index contributed by atoms with van der Waals surface area (Å²) in [5, 5.41) is 0. The van der Waals surface area contributed by atoms with Crippen LogP contribution in [0.4, 0.5) is 0 Å². The third-order valence-corrected chi connectivity index (χ3v) is 13.4. The van der Waals surface area contributed by atoms with E-state index in [1.807, 2.05) is 0 Å². The van der Waals surface area contributed by atoms with Crippen molar-refractivity contribution in [3.63, 3.8) is 0 Å². The van der Waals surface area contributed by atoms with E-state index in [4.69, 9.17) is 14.2 Å². The minimum absolute atomic E-state index is 0.101. The van der Waals surface area contributed by atoms with Crippen LogP contribution in [0.1, 0.15) is 284 Å². The molecule has 0 aliphatic carbocycles. The first-order valence-corrected chi connectivity index (χ1v) is 32.2. The van der Waals surface area contributed by atoms with Crippen LogP contribution in [0.25, 0.3) is 0 Å². The van der Waals surface area contributed by atoms with Crippen molar-refractivity contribution in [3.05, 3.63) is 134 Å². The molecule has 0 heterocycles. The highest BCUT2D eigenvalue weighted by Crippen LogP contribution is 2.16. The summed E-state index contributed by atoms with van der Waals surface area (Å²) in [4.78, 5) is 38.2. The van der Waals surface area contributed by atoms with Gasteiger partial charge >= 0.3 is 17.9 Å². The fourth-order valence-electron chi connectivity index (χ4n) is 8.66. The molecule has 0 bridgehead atoms. The number of allylic oxidation sites excluding steroid dienone is 22. The number of unbranched alkanes of at least 4 members (excludes halogenated alkanes) is 24. The van der Waals surface area contributed by atoms with Gasteiger partial charge < -0.3 is 14.2 Å². The van der Waals surface area contributed by atoms with Gasteiger partial charge in [0.1, 0.15) is 13.2 Å². The molecule has 6 nitrogen and oxygen atoms in total. The highest BCUT2D eigenvalue weighted by molar-refractivity contribution is 5.71. The molecule has 0 aliphatic rings. The molecule has 0 saturated heterocycles. The molecule has 1 unspecified atom stereocenters. The van der Waals surface area contributed by atoms with Gasteiger partial charge in [-0.1, -0.05) is 289 Å². The monoisotopic (exact) mass is 1080 g/mol. The van der Waals surface area contributed by atoms with E-state index in [9.17, 15) is 14.4 Å². The van der Waals surface area contributed by atoms with E-state index in [-0.39, 0.29) is 37.5 Å². The molecule has 0 aliphatic heterocycles. The fourth-order valence-corrected chi connectivity index (χ4v) is 8.66. The molecule has 0 amide bonds. The van der Waals surface area contributed by atoms with Crippen molar-refractivity contribution in [2.45, 2.75) is 290 Å². The minimum atomic E-state index is -0.811. The Balaban J connectivity index is 4.29. The third kappa shape index (κ3) is 62.4. The predicted molar refractivity (Wildman–Crippen MR) is 339 cm³/mol. The summed E-state index contributed by atoms with van der Waals surface area (Å²) < 4.78 is 16.8. The minimum Gasteiger partial charge on any atom is -0.462 e. The van der Waals surface area contributed by atoms with E-state index < -0.39 is 6.10 Å². The summed E-state index contributed by atoms with van der Waals surface area (Å²) in [5.41, 5.74) is 0. The number of esters is 3. The zero-order valence-corrected chi connectivity index (χ0v) is 50.6. The standard InChI is InChI=1S/C72H118O6/c1-4-7-10-13-16-19-22-25-27-29-30-31-32-33-34-35-36-37-38-39-40-41-42-44-45-47-50-53-56-59-62-65-71(74)77-68-69(67-76-70(73)64-61-58-55-52-49-24-21-18-15-12-9-6-3)78-72(75)66-63-60-57-54-51-48-46-43-28-26-23-20-17-14-11-8-5-2/h7-8,10-11,16-17,19-20,25-28,30-31,33-34,36-37,46,48,54,57,69H,4-6,9,12-15,18,21-24,29,32,35,38-45,47,49-53,55-56,58-68H2,1-3H3/b10-7-,11-8-,19-16-,20-17-,27-25-,28-26-,31-30-,34-33-,37-36-,48-46-,57-54-. The van der Waals surface area contributed by atoms with Crippen LogP contribution < -0.4 is 0 Å². The second kappa shape index (κ2) is 65.1. The Labute approximate surface area is 481 Å². The Morgan fingerprint density at radius 2 is 0.513 bits per heavy atom. The topological polar surface area (TPSA) is 78.9 Å². The highest BCUT2D eigenvalue weighted by Gasteiger charge is 2.19. The predicted octanol–water partition coefficient (Wildman–Crippen LogP) is 22.2. The molecular formula is C72H118O6. The Bertz CT molecular complexity index is 1670. The third-order valence-electron chi connectivity index (χ3n) is 13.4. The molecule has 0 fully saturated rings. The van der Waals surface area contributed by atoms with Crippen molar-refractivity contribution in [2.24, 2.45) is 0 Å². The quantitative estimate of drug-likeness (QED) is 0.0261. The molecule has 78 heavy (non-hydrogen) atoms. The van der Waals surface area contributed by atoms with Crippen molar-refractivity contribution in [3.8, 4) is 0 Å². The maximum atomic E-state index is 12.9. The van der Waals surface area contributed by atoms with Crippen LogP contribution in [0.3, 0.4) is 0 Å². The van der Waals surface area contributed by atoms with Gasteiger partial charge in [-0.15, -0.1) is 0 Å². The second-order valence-corrected chi connectivity index (χ2v) is 20.9.